The summed E-state index contributed by atoms with van der Waals surface area (Å²) in [5, 5.41) is 7.84. The third-order valence-electron chi connectivity index (χ3n) is 4.17. The maximum atomic E-state index is 14.4. The number of hydrogen-bond acceptors (Lipinski definition) is 3. The summed E-state index contributed by atoms with van der Waals surface area (Å²) >= 11 is 0. The molecule has 0 saturated heterocycles. The normalized spacial score (nSPS) is 13.2. The van der Waals surface area contributed by atoms with Crippen LogP contribution in [0.25, 0.3) is 0 Å². The van der Waals surface area contributed by atoms with E-state index in [0.29, 0.717) is 12.1 Å². The van der Waals surface area contributed by atoms with E-state index in [9.17, 15) is 4.39 Å². The van der Waals surface area contributed by atoms with E-state index in [1.165, 1.54) is 6.07 Å². The minimum Gasteiger partial charge on any atom is -0.336 e. The molecule has 0 aliphatic rings. The molecule has 3 aromatic rings. The molecule has 5 nitrogen and oxygen atoms in total. The second-order valence-electron chi connectivity index (χ2n) is 7.20. The van der Waals surface area contributed by atoms with Crippen LogP contribution in [0.15, 0.2) is 49.1 Å². The van der Waals surface area contributed by atoms with Crippen molar-refractivity contribution in [3.05, 3.63) is 71.8 Å². The van der Waals surface area contributed by atoms with Gasteiger partial charge in [0.1, 0.15) is 11.6 Å². The number of nitrogens with zero attached hydrogens (tertiary/aromatic N) is 4. The molecule has 0 aliphatic carbocycles. The standard InChI is InChI=1S/C19H24FN5/c1-19(2,3)25-13-14(12-23-25)11-22-17(18-21-9-10-24(18)4)15-7-5-6-8-16(15)20/h5-10,12-13,17,22H,11H2,1-4H3. The average molecular weight is 341 g/mol. The number of imidazole rings is 1. The van der Waals surface area contributed by atoms with Crippen molar-refractivity contribution in [3.63, 3.8) is 0 Å². The van der Waals surface area contributed by atoms with E-state index >= 15 is 0 Å². The van der Waals surface area contributed by atoms with Crippen LogP contribution in [0.3, 0.4) is 0 Å². The molecule has 0 fully saturated rings. The highest BCUT2D eigenvalue weighted by atomic mass is 19.1. The number of rotatable bonds is 5. The number of hydrogen-bond donors (Lipinski definition) is 1. The summed E-state index contributed by atoms with van der Waals surface area (Å²) in [5.74, 6) is 0.529. The van der Waals surface area contributed by atoms with Crippen molar-refractivity contribution in [2.75, 3.05) is 0 Å². The second kappa shape index (κ2) is 6.80. The van der Waals surface area contributed by atoms with Gasteiger partial charge < -0.3 is 4.57 Å². The van der Waals surface area contributed by atoms with Gasteiger partial charge in [-0.2, -0.15) is 5.10 Å². The molecule has 0 saturated carbocycles. The fourth-order valence-corrected chi connectivity index (χ4v) is 2.74. The first-order valence-corrected chi connectivity index (χ1v) is 8.35. The van der Waals surface area contributed by atoms with E-state index in [0.717, 1.165) is 11.4 Å². The van der Waals surface area contributed by atoms with E-state index in [-0.39, 0.29) is 17.4 Å². The van der Waals surface area contributed by atoms with Gasteiger partial charge in [-0.3, -0.25) is 10.00 Å². The Morgan fingerprint density at radius 2 is 2.00 bits per heavy atom. The van der Waals surface area contributed by atoms with Crippen molar-refractivity contribution >= 4 is 0 Å². The molecule has 132 valence electrons. The SMILES string of the molecule is Cn1ccnc1C(NCc1cnn(C(C)(C)C)c1)c1ccccc1F. The summed E-state index contributed by atoms with van der Waals surface area (Å²) < 4.78 is 18.2. The summed E-state index contributed by atoms with van der Waals surface area (Å²) in [6, 6.07) is 6.47. The summed E-state index contributed by atoms with van der Waals surface area (Å²) in [7, 11) is 1.91. The predicted octanol–water partition coefficient (Wildman–Crippen LogP) is 3.39. The average Bonchev–Trinajstić information content (AvgIpc) is 3.18. The summed E-state index contributed by atoms with van der Waals surface area (Å²) in [4.78, 5) is 4.40. The first-order valence-electron chi connectivity index (χ1n) is 8.35. The summed E-state index contributed by atoms with van der Waals surface area (Å²) in [6.07, 6.45) is 7.45. The highest BCUT2D eigenvalue weighted by Crippen LogP contribution is 2.23. The maximum absolute atomic E-state index is 14.4. The molecule has 1 aromatic carbocycles. The zero-order valence-corrected chi connectivity index (χ0v) is 15.1. The minimum atomic E-state index is -0.334. The zero-order chi connectivity index (χ0) is 18.0. The topological polar surface area (TPSA) is 47.7 Å². The van der Waals surface area contributed by atoms with Gasteiger partial charge in [-0.05, 0) is 26.8 Å². The van der Waals surface area contributed by atoms with Crippen LogP contribution in [0.1, 0.15) is 43.8 Å². The van der Waals surface area contributed by atoms with Crippen LogP contribution >= 0.6 is 0 Å². The smallest absolute Gasteiger partial charge is 0.130 e. The van der Waals surface area contributed by atoms with Crippen molar-refractivity contribution in [1.82, 2.24) is 24.6 Å². The molecule has 25 heavy (non-hydrogen) atoms. The number of aromatic nitrogens is 4. The summed E-state index contributed by atoms with van der Waals surface area (Å²) in [6.45, 7) is 6.88. The Labute approximate surface area is 147 Å². The molecule has 2 heterocycles. The third kappa shape index (κ3) is 3.79. The fraction of sp³-hybridized carbons (Fsp3) is 0.368. The third-order valence-corrected chi connectivity index (χ3v) is 4.17. The quantitative estimate of drug-likeness (QED) is 0.774. The minimum absolute atomic E-state index is 0.0666. The molecule has 2 aromatic heterocycles. The highest BCUT2D eigenvalue weighted by molar-refractivity contribution is 5.27. The van der Waals surface area contributed by atoms with Crippen LogP contribution in [-0.2, 0) is 19.1 Å². The van der Waals surface area contributed by atoms with Gasteiger partial charge in [-0.25, -0.2) is 9.37 Å². The molecule has 3 rings (SSSR count). The second-order valence-corrected chi connectivity index (χ2v) is 7.20. The van der Waals surface area contributed by atoms with Gasteiger partial charge in [-0.15, -0.1) is 0 Å². The van der Waals surface area contributed by atoms with Gasteiger partial charge >= 0.3 is 0 Å². The Bertz CT molecular complexity index is 843. The van der Waals surface area contributed by atoms with Crippen LogP contribution < -0.4 is 5.32 Å². The molecule has 1 unspecified atom stereocenters. The Morgan fingerprint density at radius 1 is 1.24 bits per heavy atom. The molecule has 0 spiro atoms. The first kappa shape index (κ1) is 17.4. The fourth-order valence-electron chi connectivity index (χ4n) is 2.74. The van der Waals surface area contributed by atoms with Gasteiger partial charge in [0, 0.05) is 43.3 Å². The molecular weight excluding hydrogens is 317 g/mol. The van der Waals surface area contributed by atoms with Gasteiger partial charge in [0.05, 0.1) is 17.8 Å². The summed E-state index contributed by atoms with van der Waals surface area (Å²) in [5.41, 5.74) is 1.56. The van der Waals surface area contributed by atoms with Crippen LogP contribution in [-0.4, -0.2) is 19.3 Å². The van der Waals surface area contributed by atoms with Crippen LogP contribution in [0.2, 0.25) is 0 Å². The first-order chi connectivity index (χ1) is 11.9. The number of aryl methyl sites for hydroxylation is 1. The van der Waals surface area contributed by atoms with Crippen molar-refractivity contribution in [2.24, 2.45) is 7.05 Å². The lowest BCUT2D eigenvalue weighted by atomic mass is 10.1. The lowest BCUT2D eigenvalue weighted by Gasteiger charge is -2.20. The molecule has 6 heteroatoms. The molecule has 0 bridgehead atoms. The van der Waals surface area contributed by atoms with E-state index in [2.05, 4.69) is 36.2 Å². The van der Waals surface area contributed by atoms with E-state index in [1.54, 1.807) is 18.3 Å². The van der Waals surface area contributed by atoms with Crippen molar-refractivity contribution in [3.8, 4) is 0 Å². The van der Waals surface area contributed by atoms with Gasteiger partial charge in [0.25, 0.3) is 0 Å². The Kier molecular flexibility index (Phi) is 4.72. The van der Waals surface area contributed by atoms with Crippen LogP contribution in [0.5, 0.6) is 0 Å². The molecule has 1 atom stereocenters. The lowest BCUT2D eigenvalue weighted by molar-refractivity contribution is 0.355. The van der Waals surface area contributed by atoms with Gasteiger partial charge in [0.2, 0.25) is 0 Å². The Hall–Kier alpha value is -2.47. The molecular formula is C19H24FN5. The predicted molar refractivity (Wildman–Crippen MR) is 95.5 cm³/mol. The van der Waals surface area contributed by atoms with Crippen LogP contribution in [0.4, 0.5) is 4.39 Å². The van der Waals surface area contributed by atoms with Crippen molar-refractivity contribution < 1.29 is 4.39 Å². The number of benzene rings is 1. The lowest BCUT2D eigenvalue weighted by Crippen LogP contribution is -2.26. The van der Waals surface area contributed by atoms with E-state index < -0.39 is 0 Å². The molecule has 1 N–H and O–H groups in total. The Morgan fingerprint density at radius 3 is 2.60 bits per heavy atom. The monoisotopic (exact) mass is 341 g/mol. The molecule has 0 amide bonds. The largest absolute Gasteiger partial charge is 0.336 e. The van der Waals surface area contributed by atoms with Crippen molar-refractivity contribution in [2.45, 2.75) is 38.9 Å². The zero-order valence-electron chi connectivity index (χ0n) is 15.1. The maximum Gasteiger partial charge on any atom is 0.130 e. The number of halogens is 1. The Balaban J connectivity index is 1.85. The molecule has 0 radical (unpaired) electrons. The van der Waals surface area contributed by atoms with Gasteiger partial charge in [-0.1, -0.05) is 18.2 Å². The molecule has 0 aliphatic heterocycles. The van der Waals surface area contributed by atoms with E-state index in [1.807, 2.05) is 41.0 Å². The van der Waals surface area contributed by atoms with E-state index in [4.69, 9.17) is 0 Å². The highest BCUT2D eigenvalue weighted by Gasteiger charge is 2.21. The van der Waals surface area contributed by atoms with Crippen LogP contribution in [0, 0.1) is 5.82 Å². The van der Waals surface area contributed by atoms with Gasteiger partial charge in [0.15, 0.2) is 0 Å². The van der Waals surface area contributed by atoms with Crippen molar-refractivity contribution in [1.29, 1.82) is 0 Å². The number of nitrogens with one attached hydrogen (secondary N) is 1.